The third-order valence-corrected chi connectivity index (χ3v) is 3.03. The largest absolute Gasteiger partial charge is 0.370 e. The molecule has 16 heavy (non-hydrogen) atoms. The maximum Gasteiger partial charge on any atom is 0.127 e. The molecule has 0 aliphatic carbocycles. The molecule has 1 aliphatic heterocycles. The second-order valence-electron chi connectivity index (χ2n) is 4.25. The molecule has 1 aromatic heterocycles. The Hall–Kier alpha value is -0.970. The predicted molar refractivity (Wildman–Crippen MR) is 61.1 cm³/mol. The zero-order valence-corrected chi connectivity index (χ0v) is 9.69. The van der Waals surface area contributed by atoms with Gasteiger partial charge in [0.05, 0.1) is 13.2 Å². The van der Waals surface area contributed by atoms with E-state index in [1.54, 1.807) is 4.90 Å². The number of ether oxygens (including phenoxy) is 1. The SMILES string of the molecule is c1cc(C[NH2+]CC[NH+]2CCOCC2)ccn1. The quantitative estimate of drug-likeness (QED) is 0.570. The van der Waals surface area contributed by atoms with Crippen molar-refractivity contribution in [3.05, 3.63) is 30.1 Å². The van der Waals surface area contributed by atoms with Gasteiger partial charge in [-0.1, -0.05) is 0 Å². The maximum absolute atomic E-state index is 5.34. The molecule has 1 aromatic rings. The summed E-state index contributed by atoms with van der Waals surface area (Å²) in [5.41, 5.74) is 1.35. The average molecular weight is 223 g/mol. The van der Waals surface area contributed by atoms with Gasteiger partial charge in [0.15, 0.2) is 0 Å². The van der Waals surface area contributed by atoms with Crippen LogP contribution in [0.25, 0.3) is 0 Å². The molecule has 1 fully saturated rings. The van der Waals surface area contributed by atoms with E-state index in [4.69, 9.17) is 4.74 Å². The molecule has 1 saturated heterocycles. The van der Waals surface area contributed by atoms with Crippen LogP contribution < -0.4 is 10.2 Å². The lowest BCUT2D eigenvalue weighted by Crippen LogP contribution is -3.16. The van der Waals surface area contributed by atoms with Crippen LogP contribution in [0.4, 0.5) is 0 Å². The maximum atomic E-state index is 5.34. The van der Waals surface area contributed by atoms with Gasteiger partial charge in [-0.3, -0.25) is 4.98 Å². The molecule has 4 heteroatoms. The van der Waals surface area contributed by atoms with Crippen LogP contribution in [-0.2, 0) is 11.3 Å². The van der Waals surface area contributed by atoms with Crippen molar-refractivity contribution in [3.63, 3.8) is 0 Å². The lowest BCUT2D eigenvalue weighted by atomic mass is 10.3. The summed E-state index contributed by atoms with van der Waals surface area (Å²) >= 11 is 0. The normalized spacial score (nSPS) is 17.5. The number of aromatic nitrogens is 1. The number of nitrogens with one attached hydrogen (secondary N) is 1. The van der Waals surface area contributed by atoms with Gasteiger partial charge in [0.2, 0.25) is 0 Å². The van der Waals surface area contributed by atoms with E-state index in [0.29, 0.717) is 0 Å². The predicted octanol–water partition coefficient (Wildman–Crippen LogP) is -1.94. The van der Waals surface area contributed by atoms with Crippen LogP contribution in [0.3, 0.4) is 0 Å². The lowest BCUT2D eigenvalue weighted by molar-refractivity contribution is -0.920. The molecule has 0 spiro atoms. The molecule has 0 atom stereocenters. The van der Waals surface area contributed by atoms with E-state index in [-0.39, 0.29) is 0 Å². The molecule has 2 heterocycles. The van der Waals surface area contributed by atoms with Crippen LogP contribution in [-0.4, -0.2) is 44.4 Å². The van der Waals surface area contributed by atoms with Crippen LogP contribution in [0.5, 0.6) is 0 Å². The Morgan fingerprint density at radius 3 is 2.75 bits per heavy atom. The second kappa shape index (κ2) is 6.58. The van der Waals surface area contributed by atoms with Crippen LogP contribution in [0.1, 0.15) is 5.56 Å². The zero-order chi connectivity index (χ0) is 11.1. The number of morpholine rings is 1. The van der Waals surface area contributed by atoms with Crippen LogP contribution in [0.15, 0.2) is 24.5 Å². The number of rotatable bonds is 5. The monoisotopic (exact) mass is 223 g/mol. The van der Waals surface area contributed by atoms with Gasteiger partial charge in [-0.15, -0.1) is 0 Å². The second-order valence-corrected chi connectivity index (χ2v) is 4.25. The van der Waals surface area contributed by atoms with Gasteiger partial charge in [0.1, 0.15) is 32.7 Å². The van der Waals surface area contributed by atoms with Crippen molar-refractivity contribution < 1.29 is 15.0 Å². The van der Waals surface area contributed by atoms with Crippen molar-refractivity contribution in [1.82, 2.24) is 4.98 Å². The first kappa shape index (κ1) is 11.5. The van der Waals surface area contributed by atoms with Crippen LogP contribution in [0.2, 0.25) is 0 Å². The molecule has 0 amide bonds. The van der Waals surface area contributed by atoms with Crippen molar-refractivity contribution in [2.24, 2.45) is 0 Å². The highest BCUT2D eigenvalue weighted by Gasteiger charge is 2.13. The van der Waals surface area contributed by atoms with Gasteiger partial charge in [-0.25, -0.2) is 0 Å². The van der Waals surface area contributed by atoms with E-state index in [1.165, 1.54) is 31.7 Å². The van der Waals surface area contributed by atoms with E-state index in [0.717, 1.165) is 19.8 Å². The fourth-order valence-corrected chi connectivity index (χ4v) is 2.00. The number of nitrogens with zero attached hydrogens (tertiary/aromatic N) is 1. The highest BCUT2D eigenvalue weighted by atomic mass is 16.5. The van der Waals surface area contributed by atoms with Crippen LogP contribution >= 0.6 is 0 Å². The fraction of sp³-hybridized carbons (Fsp3) is 0.583. The Balaban J connectivity index is 1.58. The molecule has 0 radical (unpaired) electrons. The lowest BCUT2D eigenvalue weighted by Gasteiger charge is -2.22. The summed E-state index contributed by atoms with van der Waals surface area (Å²) in [6.07, 6.45) is 3.72. The Bertz CT molecular complexity index is 286. The number of nitrogens with two attached hydrogens (primary N) is 1. The molecule has 1 aliphatic rings. The summed E-state index contributed by atoms with van der Waals surface area (Å²) in [5.74, 6) is 0. The van der Waals surface area contributed by atoms with Crippen molar-refractivity contribution in [2.75, 3.05) is 39.4 Å². The third-order valence-electron chi connectivity index (χ3n) is 3.03. The summed E-state index contributed by atoms with van der Waals surface area (Å²) in [5, 5.41) is 2.37. The van der Waals surface area contributed by atoms with Crippen molar-refractivity contribution in [2.45, 2.75) is 6.54 Å². The minimum atomic E-state index is 0.930. The summed E-state index contributed by atoms with van der Waals surface area (Å²) in [7, 11) is 0. The van der Waals surface area contributed by atoms with E-state index in [2.05, 4.69) is 22.4 Å². The molecule has 2 rings (SSSR count). The minimum Gasteiger partial charge on any atom is -0.370 e. The molecule has 0 unspecified atom stereocenters. The number of pyridine rings is 1. The minimum absolute atomic E-state index is 0.930. The molecule has 0 saturated carbocycles. The standard InChI is InChI=1S/C12H19N3O/c1-3-13-4-2-12(1)11-14-5-6-15-7-9-16-10-8-15/h1-4,14H,5-11H2/p+2. The van der Waals surface area contributed by atoms with E-state index in [9.17, 15) is 0 Å². The van der Waals surface area contributed by atoms with E-state index < -0.39 is 0 Å². The molecular formula is C12H21N3O+2. The average Bonchev–Trinajstić information content (AvgIpc) is 2.37. The Morgan fingerprint density at radius 1 is 1.25 bits per heavy atom. The van der Waals surface area contributed by atoms with Gasteiger partial charge in [0.25, 0.3) is 0 Å². The smallest absolute Gasteiger partial charge is 0.127 e. The first-order chi connectivity index (χ1) is 7.95. The number of quaternary nitrogens is 2. The summed E-state index contributed by atoms with van der Waals surface area (Å²) in [6.45, 7) is 7.70. The first-order valence-electron chi connectivity index (χ1n) is 6.07. The zero-order valence-electron chi connectivity index (χ0n) is 9.69. The van der Waals surface area contributed by atoms with Crippen molar-refractivity contribution in [3.8, 4) is 0 Å². The molecular weight excluding hydrogens is 202 g/mol. The van der Waals surface area contributed by atoms with Crippen molar-refractivity contribution in [1.29, 1.82) is 0 Å². The number of hydrogen-bond acceptors (Lipinski definition) is 2. The van der Waals surface area contributed by atoms with Gasteiger partial charge in [-0.05, 0) is 12.1 Å². The van der Waals surface area contributed by atoms with E-state index in [1.807, 2.05) is 12.4 Å². The Morgan fingerprint density at radius 2 is 2.00 bits per heavy atom. The summed E-state index contributed by atoms with van der Waals surface area (Å²) in [4.78, 5) is 5.69. The highest BCUT2D eigenvalue weighted by molar-refractivity contribution is 5.07. The molecule has 0 aromatic carbocycles. The third kappa shape index (κ3) is 3.89. The molecule has 0 bridgehead atoms. The van der Waals surface area contributed by atoms with Gasteiger partial charge >= 0.3 is 0 Å². The molecule has 88 valence electrons. The molecule has 4 nitrogen and oxygen atoms in total. The summed E-state index contributed by atoms with van der Waals surface area (Å²) in [6, 6.07) is 4.16. The van der Waals surface area contributed by atoms with Crippen molar-refractivity contribution >= 4 is 0 Å². The Labute approximate surface area is 96.6 Å². The van der Waals surface area contributed by atoms with Gasteiger partial charge in [-0.2, -0.15) is 0 Å². The van der Waals surface area contributed by atoms with E-state index >= 15 is 0 Å². The van der Waals surface area contributed by atoms with Gasteiger partial charge < -0.3 is 15.0 Å². The fourth-order valence-electron chi connectivity index (χ4n) is 2.00. The molecule has 3 N–H and O–H groups in total. The summed E-state index contributed by atoms with van der Waals surface area (Å²) < 4.78 is 5.34. The number of hydrogen-bond donors (Lipinski definition) is 2. The van der Waals surface area contributed by atoms with Crippen LogP contribution in [0, 0.1) is 0 Å². The topological polar surface area (TPSA) is 43.2 Å². The van der Waals surface area contributed by atoms with Gasteiger partial charge in [0, 0.05) is 18.0 Å². The first-order valence-corrected chi connectivity index (χ1v) is 6.07. The highest BCUT2D eigenvalue weighted by Crippen LogP contribution is 1.90. The Kier molecular flexibility index (Phi) is 4.73.